The quantitative estimate of drug-likeness (QED) is 0.600. The van der Waals surface area contributed by atoms with Gasteiger partial charge in [-0.1, -0.05) is 6.92 Å². The number of rotatable bonds is 9. The van der Waals surface area contributed by atoms with Crippen LogP contribution in [0.25, 0.3) is 0 Å². The average molecular weight is 312 g/mol. The third-order valence-corrected chi connectivity index (χ3v) is 4.20. The third kappa shape index (κ3) is 4.69. The van der Waals surface area contributed by atoms with Gasteiger partial charge < -0.3 is 14.7 Å². The second kappa shape index (κ2) is 7.39. The second-order valence-corrected chi connectivity index (χ2v) is 6.32. The van der Waals surface area contributed by atoms with Crippen molar-refractivity contribution in [2.24, 2.45) is 0 Å². The van der Waals surface area contributed by atoms with Gasteiger partial charge in [-0.05, 0) is 25.1 Å². The molecule has 21 heavy (non-hydrogen) atoms. The van der Waals surface area contributed by atoms with E-state index in [0.717, 1.165) is 18.7 Å². The molecular weight excluding hydrogens is 292 g/mol. The van der Waals surface area contributed by atoms with Crippen LogP contribution < -0.4 is 10.0 Å². The summed E-state index contributed by atoms with van der Waals surface area (Å²) in [7, 11) is -3.60. The lowest BCUT2D eigenvalue weighted by Gasteiger charge is -2.03. The summed E-state index contributed by atoms with van der Waals surface area (Å²) < 4.78 is 32.0. The molecule has 2 rings (SSSR count). The average Bonchev–Trinajstić information content (AvgIpc) is 3.10. The van der Waals surface area contributed by atoms with Gasteiger partial charge in [-0.3, -0.25) is 0 Å². The molecule has 2 aromatic rings. The van der Waals surface area contributed by atoms with Crippen molar-refractivity contribution >= 4 is 10.0 Å². The van der Waals surface area contributed by atoms with Crippen LogP contribution in [0, 0.1) is 0 Å². The van der Waals surface area contributed by atoms with Gasteiger partial charge in [0.25, 0.3) is 10.0 Å². The van der Waals surface area contributed by atoms with Gasteiger partial charge in [-0.15, -0.1) is 0 Å². The number of aromatic amines is 1. The van der Waals surface area contributed by atoms with Crippen molar-refractivity contribution in [3.05, 3.63) is 36.1 Å². The lowest BCUT2D eigenvalue weighted by molar-refractivity contribution is 0.400. The number of sulfonamides is 1. The van der Waals surface area contributed by atoms with E-state index in [0.29, 0.717) is 18.7 Å². The van der Waals surface area contributed by atoms with Gasteiger partial charge >= 0.3 is 0 Å². The lowest BCUT2D eigenvalue weighted by Crippen LogP contribution is -2.25. The molecule has 0 aliphatic carbocycles. The van der Waals surface area contributed by atoms with Crippen LogP contribution in [0.4, 0.5) is 0 Å². The molecule has 0 spiro atoms. The molecule has 0 bridgehead atoms. The maximum absolute atomic E-state index is 12.1. The van der Waals surface area contributed by atoms with E-state index >= 15 is 0 Å². The van der Waals surface area contributed by atoms with E-state index < -0.39 is 10.0 Å². The van der Waals surface area contributed by atoms with Gasteiger partial charge in [0.05, 0.1) is 12.9 Å². The van der Waals surface area contributed by atoms with Crippen LogP contribution in [0.5, 0.6) is 0 Å². The van der Waals surface area contributed by atoms with Gasteiger partial charge in [0.1, 0.15) is 5.76 Å². The zero-order chi connectivity index (χ0) is 15.1. The van der Waals surface area contributed by atoms with Crippen molar-refractivity contribution in [3.63, 3.8) is 0 Å². The van der Waals surface area contributed by atoms with E-state index in [2.05, 4.69) is 26.9 Å². The molecule has 0 saturated heterocycles. The van der Waals surface area contributed by atoms with Crippen molar-refractivity contribution in [1.82, 2.24) is 20.0 Å². The van der Waals surface area contributed by atoms with Crippen molar-refractivity contribution in [1.29, 1.82) is 0 Å². The number of hydrogen-bond acceptors (Lipinski definition) is 5. The summed E-state index contributed by atoms with van der Waals surface area (Å²) in [5.74, 6) is 0.609. The molecular formula is C13H20N4O3S. The molecule has 0 amide bonds. The minimum absolute atomic E-state index is 0.0552. The Kier molecular flexibility index (Phi) is 5.54. The summed E-state index contributed by atoms with van der Waals surface area (Å²) in [6.45, 7) is 3.74. The van der Waals surface area contributed by atoms with E-state index in [1.165, 1.54) is 6.07 Å². The summed E-state index contributed by atoms with van der Waals surface area (Å²) in [4.78, 5) is 6.79. The Morgan fingerprint density at radius 3 is 2.90 bits per heavy atom. The van der Waals surface area contributed by atoms with E-state index in [1.54, 1.807) is 18.6 Å². The first-order valence-electron chi connectivity index (χ1n) is 6.88. The standard InChI is InChI=1S/C13H20N4O3S/c1-2-6-14-9-12-3-4-13(20-12)21(18,19)17-7-5-11-8-15-10-16-11/h3-4,8,10,14,17H,2,5-7,9H2,1H3,(H,15,16). The molecule has 0 aromatic carbocycles. The van der Waals surface area contributed by atoms with Gasteiger partial charge in [-0.2, -0.15) is 0 Å². The molecule has 0 radical (unpaired) electrons. The molecule has 0 aliphatic rings. The smallest absolute Gasteiger partial charge is 0.273 e. The van der Waals surface area contributed by atoms with Crippen LogP contribution in [0.15, 0.2) is 34.2 Å². The van der Waals surface area contributed by atoms with Gasteiger partial charge in [0.2, 0.25) is 5.09 Å². The minimum atomic E-state index is -3.60. The monoisotopic (exact) mass is 312 g/mol. The first-order valence-corrected chi connectivity index (χ1v) is 8.36. The highest BCUT2D eigenvalue weighted by molar-refractivity contribution is 7.89. The highest BCUT2D eigenvalue weighted by Gasteiger charge is 2.18. The Morgan fingerprint density at radius 2 is 2.19 bits per heavy atom. The fourth-order valence-electron chi connectivity index (χ4n) is 1.80. The predicted octanol–water partition coefficient (Wildman–Crippen LogP) is 1.02. The summed E-state index contributed by atoms with van der Waals surface area (Å²) in [6, 6.07) is 3.15. The van der Waals surface area contributed by atoms with Crippen LogP contribution in [0.1, 0.15) is 24.8 Å². The first kappa shape index (κ1) is 15.7. The molecule has 2 aromatic heterocycles. The van der Waals surface area contributed by atoms with Gasteiger partial charge in [0.15, 0.2) is 0 Å². The Bertz CT molecular complexity index is 634. The maximum Gasteiger partial charge on any atom is 0.273 e. The fraction of sp³-hybridized carbons (Fsp3) is 0.462. The van der Waals surface area contributed by atoms with E-state index in [1.807, 2.05) is 0 Å². The first-order chi connectivity index (χ1) is 10.1. The second-order valence-electron chi connectivity index (χ2n) is 4.62. The van der Waals surface area contributed by atoms with Gasteiger partial charge in [0, 0.05) is 24.9 Å². The third-order valence-electron chi connectivity index (χ3n) is 2.87. The Hall–Kier alpha value is -1.64. The largest absolute Gasteiger partial charge is 0.447 e. The van der Waals surface area contributed by atoms with Crippen LogP contribution in [-0.4, -0.2) is 31.5 Å². The number of hydrogen-bond donors (Lipinski definition) is 3. The topological polar surface area (TPSA) is 100 Å². The van der Waals surface area contributed by atoms with Crippen molar-refractivity contribution in [2.75, 3.05) is 13.1 Å². The molecule has 0 atom stereocenters. The van der Waals surface area contributed by atoms with Crippen LogP contribution in [-0.2, 0) is 23.0 Å². The van der Waals surface area contributed by atoms with Gasteiger partial charge in [-0.25, -0.2) is 18.1 Å². The number of H-pyrrole nitrogens is 1. The summed E-state index contributed by atoms with van der Waals surface area (Å²) >= 11 is 0. The van der Waals surface area contributed by atoms with E-state index in [-0.39, 0.29) is 11.6 Å². The highest BCUT2D eigenvalue weighted by atomic mass is 32.2. The molecule has 8 heteroatoms. The summed E-state index contributed by atoms with van der Waals surface area (Å²) in [5, 5.41) is 3.10. The maximum atomic E-state index is 12.1. The summed E-state index contributed by atoms with van der Waals surface area (Å²) in [6.07, 6.45) is 4.79. The van der Waals surface area contributed by atoms with Crippen molar-refractivity contribution < 1.29 is 12.8 Å². The predicted molar refractivity (Wildman–Crippen MR) is 78.2 cm³/mol. The molecule has 0 aliphatic heterocycles. The molecule has 0 fully saturated rings. The number of nitrogens with one attached hydrogen (secondary N) is 3. The Morgan fingerprint density at radius 1 is 1.33 bits per heavy atom. The normalized spacial score (nSPS) is 11.9. The van der Waals surface area contributed by atoms with Crippen LogP contribution in [0.2, 0.25) is 0 Å². The zero-order valence-electron chi connectivity index (χ0n) is 11.9. The molecule has 116 valence electrons. The van der Waals surface area contributed by atoms with Crippen molar-refractivity contribution in [3.8, 4) is 0 Å². The fourth-order valence-corrected chi connectivity index (χ4v) is 2.78. The minimum Gasteiger partial charge on any atom is -0.447 e. The van der Waals surface area contributed by atoms with Crippen molar-refractivity contribution in [2.45, 2.75) is 31.4 Å². The molecule has 0 saturated carbocycles. The van der Waals surface area contributed by atoms with Crippen LogP contribution in [0.3, 0.4) is 0 Å². The van der Waals surface area contributed by atoms with E-state index in [9.17, 15) is 8.42 Å². The molecule has 7 nitrogen and oxygen atoms in total. The Balaban J connectivity index is 1.86. The molecule has 0 unspecified atom stereocenters. The zero-order valence-corrected chi connectivity index (χ0v) is 12.7. The number of nitrogens with zero attached hydrogens (tertiary/aromatic N) is 1. The Labute approximate surface area is 124 Å². The molecule has 3 N–H and O–H groups in total. The van der Waals surface area contributed by atoms with Crippen LogP contribution >= 0.6 is 0 Å². The molecule has 2 heterocycles. The number of aromatic nitrogens is 2. The number of imidazole rings is 1. The van der Waals surface area contributed by atoms with E-state index in [4.69, 9.17) is 4.42 Å². The SMILES string of the molecule is CCCNCc1ccc(S(=O)(=O)NCCc2cnc[nH]2)o1. The summed E-state index contributed by atoms with van der Waals surface area (Å²) in [5.41, 5.74) is 0.876. The number of furan rings is 1. The lowest BCUT2D eigenvalue weighted by atomic mass is 10.3. The highest BCUT2D eigenvalue weighted by Crippen LogP contribution is 2.13.